The Morgan fingerprint density at radius 1 is 1.44 bits per heavy atom. The molecule has 0 aromatic rings. The molecular formula is C5H15NO2Si. The summed E-state index contributed by atoms with van der Waals surface area (Å²) in [6.45, 7) is 0.797. The van der Waals surface area contributed by atoms with E-state index in [9.17, 15) is 0 Å². The van der Waals surface area contributed by atoms with Gasteiger partial charge in [-0.05, 0) is 7.05 Å². The maximum absolute atomic E-state index is 5.15. The van der Waals surface area contributed by atoms with Crippen molar-refractivity contribution in [3.63, 3.8) is 0 Å². The average Bonchev–Trinajstić information content (AvgIpc) is 1.91. The zero-order chi connectivity index (χ0) is 7.11. The van der Waals surface area contributed by atoms with E-state index in [0.717, 1.165) is 12.7 Å². The van der Waals surface area contributed by atoms with E-state index >= 15 is 0 Å². The Morgan fingerprint density at radius 3 is 2.44 bits per heavy atom. The molecule has 0 spiro atoms. The summed E-state index contributed by atoms with van der Waals surface area (Å²) in [5.74, 6) is 0. The molecule has 0 rings (SSSR count). The first kappa shape index (κ1) is 9.10. The number of hydrogen-bond donors (Lipinski definition) is 1. The van der Waals surface area contributed by atoms with Crippen molar-refractivity contribution < 1.29 is 9.16 Å². The predicted octanol–water partition coefficient (Wildman–Crippen LogP) is -0.281. The lowest BCUT2D eigenvalue weighted by Crippen LogP contribution is -2.33. The average molecular weight is 149 g/mol. The highest BCUT2D eigenvalue weighted by Crippen LogP contribution is 1.87. The summed E-state index contributed by atoms with van der Waals surface area (Å²) in [6, 6.07) is 1.03. The SMILES string of the molecule is CN[SiH](CCOC)OC. The lowest BCUT2D eigenvalue weighted by atomic mass is 10.9. The largest absolute Gasteiger partial charge is 0.409 e. The van der Waals surface area contributed by atoms with Crippen LogP contribution in [0.3, 0.4) is 0 Å². The second kappa shape index (κ2) is 6.22. The number of nitrogens with one attached hydrogen (secondary N) is 1. The number of rotatable bonds is 5. The van der Waals surface area contributed by atoms with Gasteiger partial charge in [-0.25, -0.2) is 0 Å². The predicted molar refractivity (Wildman–Crippen MR) is 39.9 cm³/mol. The zero-order valence-electron chi connectivity index (χ0n) is 6.31. The minimum absolute atomic E-state index is 0.797. The van der Waals surface area contributed by atoms with Crippen molar-refractivity contribution >= 4 is 9.20 Å². The molecule has 0 aliphatic carbocycles. The van der Waals surface area contributed by atoms with Crippen LogP contribution in [0.25, 0.3) is 0 Å². The molecule has 0 heterocycles. The summed E-state index contributed by atoms with van der Waals surface area (Å²) in [7, 11) is 4.29. The first-order valence-corrected chi connectivity index (χ1v) is 4.90. The van der Waals surface area contributed by atoms with E-state index in [2.05, 4.69) is 4.98 Å². The lowest BCUT2D eigenvalue weighted by Gasteiger charge is -2.09. The Morgan fingerprint density at radius 2 is 2.11 bits per heavy atom. The number of ether oxygens (including phenoxy) is 1. The van der Waals surface area contributed by atoms with E-state index < -0.39 is 9.20 Å². The molecule has 0 bridgehead atoms. The molecule has 9 heavy (non-hydrogen) atoms. The minimum atomic E-state index is -1.08. The highest BCUT2D eigenvalue weighted by molar-refractivity contribution is 6.48. The van der Waals surface area contributed by atoms with Crippen LogP contribution in [0.5, 0.6) is 0 Å². The topological polar surface area (TPSA) is 30.5 Å². The summed E-state index contributed by atoms with van der Waals surface area (Å²) in [4.78, 5) is 3.12. The van der Waals surface area contributed by atoms with Crippen molar-refractivity contribution in [2.45, 2.75) is 6.04 Å². The molecule has 0 saturated carbocycles. The van der Waals surface area contributed by atoms with Gasteiger partial charge in [-0.3, -0.25) is 0 Å². The molecule has 3 nitrogen and oxygen atoms in total. The van der Waals surface area contributed by atoms with Crippen LogP contribution >= 0.6 is 0 Å². The van der Waals surface area contributed by atoms with E-state index in [-0.39, 0.29) is 0 Å². The van der Waals surface area contributed by atoms with Gasteiger partial charge >= 0.3 is 0 Å². The lowest BCUT2D eigenvalue weighted by molar-refractivity contribution is 0.210. The van der Waals surface area contributed by atoms with Crippen molar-refractivity contribution in [2.24, 2.45) is 0 Å². The fourth-order valence-corrected chi connectivity index (χ4v) is 1.81. The first-order valence-electron chi connectivity index (χ1n) is 3.04. The number of hydrogen-bond acceptors (Lipinski definition) is 3. The Balaban J connectivity index is 3.09. The van der Waals surface area contributed by atoms with Crippen LogP contribution in [0.2, 0.25) is 6.04 Å². The van der Waals surface area contributed by atoms with Crippen LogP contribution in [0, 0.1) is 0 Å². The van der Waals surface area contributed by atoms with Gasteiger partial charge in [-0.15, -0.1) is 0 Å². The van der Waals surface area contributed by atoms with E-state index in [4.69, 9.17) is 9.16 Å². The van der Waals surface area contributed by atoms with Crippen LogP contribution in [-0.2, 0) is 9.16 Å². The standard InChI is InChI=1S/C5H15NO2Si/c1-6-9(8-3)5-4-7-2/h6,9H,4-5H2,1-3H3. The summed E-state index contributed by atoms with van der Waals surface area (Å²) in [6.07, 6.45) is 0. The molecule has 1 unspecified atom stereocenters. The summed E-state index contributed by atoms with van der Waals surface area (Å²) in [5.41, 5.74) is 0. The van der Waals surface area contributed by atoms with Gasteiger partial charge in [-0.1, -0.05) is 0 Å². The van der Waals surface area contributed by atoms with Gasteiger partial charge in [-0.2, -0.15) is 0 Å². The monoisotopic (exact) mass is 149 g/mol. The zero-order valence-corrected chi connectivity index (χ0v) is 7.46. The molecule has 0 saturated heterocycles. The third-order valence-electron chi connectivity index (χ3n) is 1.19. The molecular weight excluding hydrogens is 134 g/mol. The Labute approximate surface area is 58.2 Å². The quantitative estimate of drug-likeness (QED) is 0.545. The minimum Gasteiger partial charge on any atom is -0.409 e. The van der Waals surface area contributed by atoms with Crippen LogP contribution in [0.4, 0.5) is 0 Å². The van der Waals surface area contributed by atoms with Gasteiger partial charge in [0.25, 0.3) is 9.20 Å². The van der Waals surface area contributed by atoms with Gasteiger partial charge in [0.15, 0.2) is 0 Å². The Kier molecular flexibility index (Phi) is 6.29. The summed E-state index contributed by atoms with van der Waals surface area (Å²) < 4.78 is 10.0. The molecule has 0 amide bonds. The summed E-state index contributed by atoms with van der Waals surface area (Å²) in [5, 5.41) is 0. The van der Waals surface area contributed by atoms with Gasteiger partial charge in [0.2, 0.25) is 0 Å². The van der Waals surface area contributed by atoms with Crippen LogP contribution in [-0.4, -0.2) is 37.1 Å². The Hall–Kier alpha value is 0.0969. The van der Waals surface area contributed by atoms with Crippen molar-refractivity contribution in [2.75, 3.05) is 27.9 Å². The van der Waals surface area contributed by atoms with Gasteiger partial charge in [0.05, 0.1) is 0 Å². The van der Waals surface area contributed by atoms with Crippen LogP contribution in [0.15, 0.2) is 0 Å². The molecule has 1 atom stereocenters. The maximum Gasteiger partial charge on any atom is 0.253 e. The smallest absolute Gasteiger partial charge is 0.253 e. The van der Waals surface area contributed by atoms with E-state index in [0.29, 0.717) is 0 Å². The fourth-order valence-electron chi connectivity index (χ4n) is 0.605. The maximum atomic E-state index is 5.15. The van der Waals surface area contributed by atoms with Crippen LogP contribution < -0.4 is 4.98 Å². The normalized spacial score (nSPS) is 13.7. The molecule has 0 fully saturated rings. The molecule has 0 aromatic carbocycles. The molecule has 0 radical (unpaired) electrons. The second-order valence-electron chi connectivity index (χ2n) is 1.79. The van der Waals surface area contributed by atoms with Gasteiger partial charge in [0.1, 0.15) is 0 Å². The fraction of sp³-hybridized carbons (Fsp3) is 1.00. The third-order valence-corrected chi connectivity index (χ3v) is 3.16. The van der Waals surface area contributed by atoms with Crippen molar-refractivity contribution in [1.82, 2.24) is 4.98 Å². The van der Waals surface area contributed by atoms with Crippen molar-refractivity contribution in [1.29, 1.82) is 0 Å². The van der Waals surface area contributed by atoms with E-state index in [1.165, 1.54) is 0 Å². The highest BCUT2D eigenvalue weighted by Gasteiger charge is 2.04. The Bertz CT molecular complexity index is 58.9. The van der Waals surface area contributed by atoms with Crippen LogP contribution in [0.1, 0.15) is 0 Å². The van der Waals surface area contributed by atoms with Crippen molar-refractivity contribution in [3.05, 3.63) is 0 Å². The van der Waals surface area contributed by atoms with E-state index in [1.807, 2.05) is 7.05 Å². The molecule has 56 valence electrons. The van der Waals surface area contributed by atoms with Gasteiger partial charge < -0.3 is 14.1 Å². The second-order valence-corrected chi connectivity index (χ2v) is 4.40. The first-order chi connectivity index (χ1) is 4.35. The third kappa shape index (κ3) is 4.59. The summed E-state index contributed by atoms with van der Waals surface area (Å²) >= 11 is 0. The molecule has 1 N–H and O–H groups in total. The highest BCUT2D eigenvalue weighted by atomic mass is 28.3. The van der Waals surface area contributed by atoms with E-state index in [1.54, 1.807) is 14.2 Å². The molecule has 4 heteroatoms. The van der Waals surface area contributed by atoms with Gasteiger partial charge in [0, 0.05) is 26.9 Å². The molecule has 0 aliphatic heterocycles. The number of methoxy groups -OCH3 is 1. The molecule has 0 aromatic heterocycles. The van der Waals surface area contributed by atoms with Crippen molar-refractivity contribution in [3.8, 4) is 0 Å². The molecule has 0 aliphatic rings.